The SMILES string of the molecule is NNC(c1ccc(Cl)s1)c1ccc(F)c(F)c1F. The molecule has 1 aromatic heterocycles. The second kappa shape index (κ2) is 5.27. The van der Waals surface area contributed by atoms with Gasteiger partial charge in [0.05, 0.1) is 10.4 Å². The van der Waals surface area contributed by atoms with Crippen LogP contribution in [0.5, 0.6) is 0 Å². The predicted octanol–water partition coefficient (Wildman–Crippen LogP) is 3.37. The Kier molecular flexibility index (Phi) is 3.91. The average Bonchev–Trinajstić information content (AvgIpc) is 2.77. The number of benzene rings is 1. The van der Waals surface area contributed by atoms with E-state index in [0.717, 1.165) is 12.1 Å². The third-order valence-electron chi connectivity index (χ3n) is 2.42. The molecule has 18 heavy (non-hydrogen) atoms. The van der Waals surface area contributed by atoms with Crippen LogP contribution >= 0.6 is 22.9 Å². The maximum atomic E-state index is 13.7. The zero-order chi connectivity index (χ0) is 13.3. The highest BCUT2D eigenvalue weighted by atomic mass is 35.5. The molecule has 0 aliphatic carbocycles. The molecule has 0 bridgehead atoms. The van der Waals surface area contributed by atoms with Gasteiger partial charge < -0.3 is 0 Å². The molecule has 0 spiro atoms. The fourth-order valence-electron chi connectivity index (χ4n) is 1.57. The van der Waals surface area contributed by atoms with Crippen molar-refractivity contribution in [2.24, 2.45) is 5.84 Å². The molecular formula is C11H8ClF3N2S. The van der Waals surface area contributed by atoms with Crippen LogP contribution in [0.1, 0.15) is 16.5 Å². The quantitative estimate of drug-likeness (QED) is 0.517. The molecule has 0 aliphatic rings. The van der Waals surface area contributed by atoms with Crippen LogP contribution in [0.25, 0.3) is 0 Å². The molecule has 2 nitrogen and oxygen atoms in total. The molecule has 0 fully saturated rings. The van der Waals surface area contributed by atoms with Crippen molar-refractivity contribution in [3.8, 4) is 0 Å². The number of thiophene rings is 1. The van der Waals surface area contributed by atoms with E-state index in [2.05, 4.69) is 5.43 Å². The van der Waals surface area contributed by atoms with Crippen LogP contribution in [0.3, 0.4) is 0 Å². The third kappa shape index (κ3) is 2.37. The van der Waals surface area contributed by atoms with Crippen LogP contribution in [-0.4, -0.2) is 0 Å². The molecule has 2 rings (SSSR count). The Bertz CT molecular complexity index is 573. The topological polar surface area (TPSA) is 38.0 Å². The summed E-state index contributed by atoms with van der Waals surface area (Å²) in [6.07, 6.45) is 0. The Morgan fingerprint density at radius 1 is 1.11 bits per heavy atom. The van der Waals surface area contributed by atoms with Crippen molar-refractivity contribution in [3.05, 3.63) is 56.5 Å². The zero-order valence-corrected chi connectivity index (χ0v) is 10.5. The van der Waals surface area contributed by atoms with Gasteiger partial charge in [0, 0.05) is 10.4 Å². The summed E-state index contributed by atoms with van der Waals surface area (Å²) in [6.45, 7) is 0. The monoisotopic (exact) mass is 292 g/mol. The fraction of sp³-hybridized carbons (Fsp3) is 0.0909. The van der Waals surface area contributed by atoms with E-state index in [4.69, 9.17) is 17.4 Å². The molecule has 0 amide bonds. The van der Waals surface area contributed by atoms with E-state index in [1.54, 1.807) is 12.1 Å². The van der Waals surface area contributed by atoms with Crippen molar-refractivity contribution in [3.63, 3.8) is 0 Å². The first-order chi connectivity index (χ1) is 8.54. The molecule has 3 N–H and O–H groups in total. The van der Waals surface area contributed by atoms with Gasteiger partial charge in [-0.2, -0.15) is 0 Å². The number of hydrogen-bond donors (Lipinski definition) is 2. The highest BCUT2D eigenvalue weighted by molar-refractivity contribution is 7.16. The largest absolute Gasteiger partial charge is 0.271 e. The number of halogens is 4. The van der Waals surface area contributed by atoms with Gasteiger partial charge in [0.2, 0.25) is 0 Å². The summed E-state index contributed by atoms with van der Waals surface area (Å²) in [5.74, 6) is 1.31. The van der Waals surface area contributed by atoms with Gasteiger partial charge in [-0.25, -0.2) is 18.6 Å². The van der Waals surface area contributed by atoms with E-state index in [9.17, 15) is 13.2 Å². The molecule has 0 saturated carbocycles. The molecule has 0 aliphatic heterocycles. The second-order valence-electron chi connectivity index (χ2n) is 3.51. The van der Waals surface area contributed by atoms with E-state index in [1.165, 1.54) is 11.3 Å². The third-order valence-corrected chi connectivity index (χ3v) is 3.72. The Hall–Kier alpha value is -1.08. The van der Waals surface area contributed by atoms with E-state index in [-0.39, 0.29) is 5.56 Å². The van der Waals surface area contributed by atoms with Gasteiger partial charge in [0.25, 0.3) is 0 Å². The van der Waals surface area contributed by atoms with Crippen LogP contribution in [0, 0.1) is 17.5 Å². The lowest BCUT2D eigenvalue weighted by atomic mass is 10.0. The number of hydrogen-bond acceptors (Lipinski definition) is 3. The minimum Gasteiger partial charge on any atom is -0.271 e. The smallest absolute Gasteiger partial charge is 0.194 e. The van der Waals surface area contributed by atoms with Crippen LogP contribution in [0.4, 0.5) is 13.2 Å². The van der Waals surface area contributed by atoms with Crippen molar-refractivity contribution < 1.29 is 13.2 Å². The van der Waals surface area contributed by atoms with E-state index < -0.39 is 23.5 Å². The average molecular weight is 293 g/mol. The minimum absolute atomic E-state index is 0.0742. The van der Waals surface area contributed by atoms with Crippen LogP contribution in [-0.2, 0) is 0 Å². The van der Waals surface area contributed by atoms with Gasteiger partial charge in [-0.05, 0) is 18.2 Å². The number of nitrogens with one attached hydrogen (secondary N) is 1. The van der Waals surface area contributed by atoms with Gasteiger partial charge in [-0.15, -0.1) is 11.3 Å². The van der Waals surface area contributed by atoms with Gasteiger partial charge in [0.1, 0.15) is 0 Å². The summed E-state index contributed by atoms with van der Waals surface area (Å²) in [4.78, 5) is 0.604. The summed E-state index contributed by atoms with van der Waals surface area (Å²) in [5, 5.41) is 0. The Morgan fingerprint density at radius 3 is 2.39 bits per heavy atom. The Morgan fingerprint density at radius 2 is 1.83 bits per heavy atom. The normalized spacial score (nSPS) is 12.7. The van der Waals surface area contributed by atoms with Crippen molar-refractivity contribution in [2.45, 2.75) is 6.04 Å². The molecule has 2 aromatic rings. The van der Waals surface area contributed by atoms with Crippen LogP contribution in [0.2, 0.25) is 4.34 Å². The van der Waals surface area contributed by atoms with Gasteiger partial charge in [0.15, 0.2) is 17.5 Å². The van der Waals surface area contributed by atoms with Crippen LogP contribution in [0.15, 0.2) is 24.3 Å². The first-order valence-electron chi connectivity index (χ1n) is 4.89. The number of rotatable bonds is 3. The lowest BCUT2D eigenvalue weighted by Crippen LogP contribution is -2.29. The minimum atomic E-state index is -1.52. The second-order valence-corrected chi connectivity index (χ2v) is 5.25. The van der Waals surface area contributed by atoms with Crippen molar-refractivity contribution in [1.29, 1.82) is 0 Å². The molecule has 1 heterocycles. The molecule has 0 saturated heterocycles. The lowest BCUT2D eigenvalue weighted by molar-refractivity contribution is 0.434. The van der Waals surface area contributed by atoms with Crippen LogP contribution < -0.4 is 11.3 Å². The summed E-state index contributed by atoms with van der Waals surface area (Å²) in [5.41, 5.74) is 2.28. The molecule has 1 atom stereocenters. The zero-order valence-electron chi connectivity index (χ0n) is 8.88. The van der Waals surface area contributed by atoms with Gasteiger partial charge in [-0.3, -0.25) is 5.84 Å². The first-order valence-corrected chi connectivity index (χ1v) is 6.08. The van der Waals surface area contributed by atoms with Gasteiger partial charge in [-0.1, -0.05) is 17.7 Å². The maximum Gasteiger partial charge on any atom is 0.194 e. The van der Waals surface area contributed by atoms with Crippen molar-refractivity contribution >= 4 is 22.9 Å². The summed E-state index contributed by atoms with van der Waals surface area (Å²) in [7, 11) is 0. The predicted molar refractivity (Wildman–Crippen MR) is 64.8 cm³/mol. The van der Waals surface area contributed by atoms with Gasteiger partial charge >= 0.3 is 0 Å². The number of nitrogens with two attached hydrogens (primary N) is 1. The van der Waals surface area contributed by atoms with E-state index in [0.29, 0.717) is 9.21 Å². The molecule has 0 radical (unpaired) electrons. The van der Waals surface area contributed by atoms with Crippen molar-refractivity contribution in [2.75, 3.05) is 0 Å². The molecular weight excluding hydrogens is 285 g/mol. The Labute approximate surface area is 110 Å². The maximum absolute atomic E-state index is 13.7. The molecule has 1 unspecified atom stereocenters. The standard InChI is InChI=1S/C11H8ClF3N2S/c12-8-4-3-7(18-8)11(17-16)5-1-2-6(13)10(15)9(5)14/h1-4,11,17H,16H2. The first kappa shape index (κ1) is 13.4. The summed E-state index contributed by atoms with van der Waals surface area (Å²) >= 11 is 6.94. The van der Waals surface area contributed by atoms with Crippen molar-refractivity contribution in [1.82, 2.24) is 5.43 Å². The van der Waals surface area contributed by atoms with E-state index >= 15 is 0 Å². The molecule has 96 valence electrons. The number of hydrazine groups is 1. The lowest BCUT2D eigenvalue weighted by Gasteiger charge is -2.15. The molecule has 7 heteroatoms. The molecule has 1 aromatic carbocycles. The Balaban J connectivity index is 2.49. The highest BCUT2D eigenvalue weighted by Crippen LogP contribution is 2.32. The highest BCUT2D eigenvalue weighted by Gasteiger charge is 2.22. The van der Waals surface area contributed by atoms with E-state index in [1.807, 2.05) is 0 Å². The fourth-order valence-corrected chi connectivity index (χ4v) is 2.71. The summed E-state index contributed by atoms with van der Waals surface area (Å²) in [6, 6.07) is 4.47. The summed E-state index contributed by atoms with van der Waals surface area (Å²) < 4.78 is 40.2.